The third kappa shape index (κ3) is 6.07. The van der Waals surface area contributed by atoms with Crippen LogP contribution in [0.4, 0.5) is 0 Å². The average Bonchev–Trinajstić information content (AvgIpc) is 2.77. The fraction of sp³-hybridized carbons (Fsp3) is 0.955. The normalized spacial score (nSPS) is 27.5. The summed E-state index contributed by atoms with van der Waals surface area (Å²) in [6.45, 7) is 14.8. The number of aliphatic imine (C=N–C) groups is 1. The average molecular weight is 394 g/mol. The maximum absolute atomic E-state index is 5.62. The Morgan fingerprint density at radius 1 is 1.04 bits per heavy atom. The highest BCUT2D eigenvalue weighted by atomic mass is 16.5. The van der Waals surface area contributed by atoms with Crippen molar-refractivity contribution in [2.45, 2.75) is 64.3 Å². The van der Waals surface area contributed by atoms with E-state index in [2.05, 4.69) is 34.3 Å². The van der Waals surface area contributed by atoms with E-state index in [1.54, 1.807) is 0 Å². The zero-order valence-corrected chi connectivity index (χ0v) is 18.3. The molecule has 2 saturated heterocycles. The van der Waals surface area contributed by atoms with Crippen molar-refractivity contribution in [2.24, 2.45) is 10.9 Å². The molecular formula is C22H43N5O. The molecule has 0 spiro atoms. The molecule has 6 heteroatoms. The number of likely N-dealkylation sites (tertiary alicyclic amines) is 1. The van der Waals surface area contributed by atoms with Crippen LogP contribution in [0.5, 0.6) is 0 Å². The number of nitrogens with one attached hydrogen (secondary N) is 2. The van der Waals surface area contributed by atoms with Crippen molar-refractivity contribution in [2.75, 3.05) is 65.6 Å². The van der Waals surface area contributed by atoms with Gasteiger partial charge in [0.25, 0.3) is 0 Å². The molecule has 3 rings (SSSR count). The van der Waals surface area contributed by atoms with Crippen LogP contribution in [-0.4, -0.2) is 86.9 Å². The van der Waals surface area contributed by atoms with Crippen LogP contribution in [0.15, 0.2) is 4.99 Å². The number of rotatable bonds is 7. The number of nitrogens with zero attached hydrogens (tertiary/aromatic N) is 3. The van der Waals surface area contributed by atoms with E-state index < -0.39 is 0 Å². The molecule has 2 heterocycles. The molecule has 3 aliphatic rings. The summed E-state index contributed by atoms with van der Waals surface area (Å²) in [4.78, 5) is 10.4. The minimum atomic E-state index is 0.244. The van der Waals surface area contributed by atoms with Crippen LogP contribution in [0.1, 0.15) is 58.8 Å². The largest absolute Gasteiger partial charge is 0.379 e. The van der Waals surface area contributed by atoms with Crippen LogP contribution in [0.25, 0.3) is 0 Å². The Balaban J connectivity index is 1.59. The molecule has 2 N–H and O–H groups in total. The van der Waals surface area contributed by atoms with E-state index in [1.165, 1.54) is 64.6 Å². The molecule has 3 fully saturated rings. The minimum absolute atomic E-state index is 0.244. The number of hydrogen-bond donors (Lipinski definition) is 2. The zero-order valence-electron chi connectivity index (χ0n) is 18.3. The van der Waals surface area contributed by atoms with Crippen molar-refractivity contribution in [3.63, 3.8) is 0 Å². The smallest absolute Gasteiger partial charge is 0.191 e. The maximum Gasteiger partial charge on any atom is 0.191 e. The lowest BCUT2D eigenvalue weighted by molar-refractivity contribution is -0.0333. The number of hydrogen-bond acceptors (Lipinski definition) is 4. The summed E-state index contributed by atoms with van der Waals surface area (Å²) in [6.07, 6.45) is 9.28. The van der Waals surface area contributed by atoms with Gasteiger partial charge in [0.1, 0.15) is 0 Å². The Morgan fingerprint density at radius 3 is 2.54 bits per heavy atom. The van der Waals surface area contributed by atoms with Gasteiger partial charge in [-0.15, -0.1) is 0 Å². The highest BCUT2D eigenvalue weighted by molar-refractivity contribution is 5.79. The van der Waals surface area contributed by atoms with Gasteiger partial charge in [0.2, 0.25) is 0 Å². The molecule has 0 aromatic rings. The molecule has 0 amide bonds. The molecule has 28 heavy (non-hydrogen) atoms. The third-order valence-electron chi connectivity index (χ3n) is 6.95. The highest BCUT2D eigenvalue weighted by Crippen LogP contribution is 2.34. The van der Waals surface area contributed by atoms with Crippen molar-refractivity contribution in [3.05, 3.63) is 0 Å². The number of ether oxygens (including phenoxy) is 1. The van der Waals surface area contributed by atoms with Gasteiger partial charge in [-0.05, 0) is 51.6 Å². The summed E-state index contributed by atoms with van der Waals surface area (Å²) in [7, 11) is 0. The Hall–Kier alpha value is -0.850. The van der Waals surface area contributed by atoms with E-state index in [0.29, 0.717) is 0 Å². The molecule has 0 bridgehead atoms. The molecular weight excluding hydrogens is 350 g/mol. The third-order valence-corrected chi connectivity index (χ3v) is 6.95. The zero-order chi connectivity index (χ0) is 19.7. The van der Waals surface area contributed by atoms with E-state index in [4.69, 9.17) is 9.73 Å². The van der Waals surface area contributed by atoms with Gasteiger partial charge in [-0.3, -0.25) is 9.89 Å². The number of morpholine rings is 1. The molecule has 1 aliphatic carbocycles. The van der Waals surface area contributed by atoms with Crippen molar-refractivity contribution in [3.8, 4) is 0 Å². The molecule has 2 aliphatic heterocycles. The van der Waals surface area contributed by atoms with Crippen molar-refractivity contribution < 1.29 is 4.74 Å². The first kappa shape index (κ1) is 21.8. The summed E-state index contributed by atoms with van der Waals surface area (Å²) < 4.78 is 5.62. The topological polar surface area (TPSA) is 52.1 Å². The van der Waals surface area contributed by atoms with Crippen molar-refractivity contribution in [1.82, 2.24) is 20.4 Å². The fourth-order valence-electron chi connectivity index (χ4n) is 5.24. The summed E-state index contributed by atoms with van der Waals surface area (Å²) in [6, 6.07) is 0. The Kier molecular flexibility index (Phi) is 8.87. The molecule has 1 unspecified atom stereocenters. The summed E-state index contributed by atoms with van der Waals surface area (Å²) in [5.41, 5.74) is 0.244. The van der Waals surface area contributed by atoms with Crippen LogP contribution >= 0.6 is 0 Å². The molecule has 1 saturated carbocycles. The maximum atomic E-state index is 5.62. The van der Waals surface area contributed by atoms with E-state index in [9.17, 15) is 0 Å². The Labute approximate surface area is 172 Å². The predicted molar refractivity (Wildman–Crippen MR) is 117 cm³/mol. The first-order valence-electron chi connectivity index (χ1n) is 11.8. The minimum Gasteiger partial charge on any atom is -0.379 e. The van der Waals surface area contributed by atoms with E-state index in [1.807, 2.05) is 0 Å². The lowest BCUT2D eigenvalue weighted by atomic mass is 9.80. The summed E-state index contributed by atoms with van der Waals surface area (Å²) in [5, 5.41) is 7.15. The molecule has 1 atom stereocenters. The van der Waals surface area contributed by atoms with Crippen LogP contribution in [0.3, 0.4) is 0 Å². The molecule has 6 nitrogen and oxygen atoms in total. The van der Waals surface area contributed by atoms with Gasteiger partial charge in [-0.1, -0.05) is 26.2 Å². The van der Waals surface area contributed by atoms with Crippen molar-refractivity contribution in [1.29, 1.82) is 0 Å². The molecule has 162 valence electrons. The molecule has 0 aromatic carbocycles. The van der Waals surface area contributed by atoms with Gasteiger partial charge in [0, 0.05) is 38.3 Å². The fourth-order valence-corrected chi connectivity index (χ4v) is 5.24. The first-order chi connectivity index (χ1) is 13.8. The lowest BCUT2D eigenvalue weighted by Crippen LogP contribution is -2.56. The Morgan fingerprint density at radius 2 is 1.82 bits per heavy atom. The SMILES string of the molecule is CCNC(=NCC1(N2CCOCC2)CCCCC1)NCC1CCCN(CC)C1. The van der Waals surface area contributed by atoms with Crippen LogP contribution in [-0.2, 0) is 4.74 Å². The second kappa shape index (κ2) is 11.4. The van der Waals surface area contributed by atoms with Crippen molar-refractivity contribution >= 4 is 5.96 Å². The van der Waals surface area contributed by atoms with Crippen LogP contribution in [0.2, 0.25) is 0 Å². The standard InChI is InChI=1S/C22H43N5O/c1-3-23-21(24-17-20-9-8-12-26(4-2)18-20)25-19-22(10-6-5-7-11-22)27-13-15-28-16-14-27/h20H,3-19H2,1-2H3,(H2,23,24,25). The molecule has 0 aromatic heterocycles. The summed E-state index contributed by atoms with van der Waals surface area (Å²) in [5.74, 6) is 1.75. The second-order valence-corrected chi connectivity index (χ2v) is 8.86. The van der Waals surface area contributed by atoms with Crippen LogP contribution < -0.4 is 10.6 Å². The second-order valence-electron chi connectivity index (χ2n) is 8.86. The van der Waals surface area contributed by atoms with Gasteiger partial charge in [0.15, 0.2) is 5.96 Å². The van der Waals surface area contributed by atoms with E-state index >= 15 is 0 Å². The monoisotopic (exact) mass is 393 g/mol. The predicted octanol–water partition coefficient (Wildman–Crippen LogP) is 2.31. The Bertz CT molecular complexity index is 472. The van der Waals surface area contributed by atoms with Crippen LogP contribution in [0, 0.1) is 5.92 Å². The van der Waals surface area contributed by atoms with E-state index in [-0.39, 0.29) is 5.54 Å². The van der Waals surface area contributed by atoms with Gasteiger partial charge in [-0.25, -0.2) is 0 Å². The lowest BCUT2D eigenvalue weighted by Gasteiger charge is -2.47. The van der Waals surface area contributed by atoms with Gasteiger partial charge in [-0.2, -0.15) is 0 Å². The van der Waals surface area contributed by atoms with Gasteiger partial charge < -0.3 is 20.3 Å². The first-order valence-corrected chi connectivity index (χ1v) is 11.8. The van der Waals surface area contributed by atoms with Gasteiger partial charge >= 0.3 is 0 Å². The number of guanidine groups is 1. The van der Waals surface area contributed by atoms with E-state index in [0.717, 1.165) is 57.8 Å². The number of piperidine rings is 1. The summed E-state index contributed by atoms with van der Waals surface area (Å²) >= 11 is 0. The van der Waals surface area contributed by atoms with Gasteiger partial charge in [0.05, 0.1) is 19.8 Å². The highest BCUT2D eigenvalue weighted by Gasteiger charge is 2.38. The molecule has 0 radical (unpaired) electrons. The quantitative estimate of drug-likeness (QED) is 0.513.